The van der Waals surface area contributed by atoms with E-state index in [0.717, 1.165) is 5.56 Å². The maximum Gasteiger partial charge on any atom is 1.00 e. The van der Waals surface area contributed by atoms with Crippen LogP contribution in [0.3, 0.4) is 0 Å². The van der Waals surface area contributed by atoms with E-state index in [9.17, 15) is 9.90 Å². The van der Waals surface area contributed by atoms with Gasteiger partial charge in [-0.05, 0) is 19.4 Å². The van der Waals surface area contributed by atoms with E-state index in [-0.39, 0.29) is 43.6 Å². The van der Waals surface area contributed by atoms with Crippen molar-refractivity contribution in [3.05, 3.63) is 71.3 Å². The molecule has 1 heterocycles. The van der Waals surface area contributed by atoms with Gasteiger partial charge in [-0.2, -0.15) is 0 Å². The minimum Gasteiger partial charge on any atom is -0.841 e. The second-order valence-electron chi connectivity index (χ2n) is 5.45. The fraction of sp³-hybridized carbons (Fsp3) is 0.235. The van der Waals surface area contributed by atoms with Crippen molar-refractivity contribution < 1.29 is 47.6 Å². The molecule has 3 nitrogen and oxygen atoms in total. The largest absolute Gasteiger partial charge is 1.00 e. The molecular weight excluding hydrogens is 264 g/mol. The molecule has 102 valence electrons. The summed E-state index contributed by atoms with van der Waals surface area (Å²) in [4.78, 5) is 13.9. The Hall–Kier alpha value is -0.935. The van der Waals surface area contributed by atoms with E-state index >= 15 is 0 Å². The molecule has 2 aromatic carbocycles. The van der Waals surface area contributed by atoms with Gasteiger partial charge in [-0.15, -0.1) is 29.8 Å². The first-order valence-corrected chi connectivity index (χ1v) is 6.59. The van der Waals surface area contributed by atoms with Gasteiger partial charge in [0, 0.05) is 0 Å². The molecule has 0 fully saturated rings. The van der Waals surface area contributed by atoms with E-state index in [4.69, 9.17) is 0 Å². The quantitative estimate of drug-likeness (QED) is 0.419. The molecule has 0 bridgehead atoms. The van der Waals surface area contributed by atoms with Crippen LogP contribution in [-0.4, -0.2) is 10.8 Å². The Labute approximate surface area is 155 Å². The zero-order chi connectivity index (χ0) is 14.3. The Kier molecular flexibility index (Phi) is 6.16. The second-order valence-corrected chi connectivity index (χ2v) is 5.45. The summed E-state index contributed by atoms with van der Waals surface area (Å²) >= 11 is 0. The molecule has 5 heteroatoms. The van der Waals surface area contributed by atoms with Crippen LogP contribution in [0, 0.1) is 6.07 Å². The van der Waals surface area contributed by atoms with Gasteiger partial charge in [0.05, 0.1) is 5.54 Å². The van der Waals surface area contributed by atoms with Gasteiger partial charge in [-0.1, -0.05) is 42.1 Å². The van der Waals surface area contributed by atoms with Crippen LogP contribution in [0.5, 0.6) is 0 Å². The van der Waals surface area contributed by atoms with Gasteiger partial charge in [-0.25, -0.2) is 0 Å². The van der Waals surface area contributed by atoms with Crippen LogP contribution in [0.25, 0.3) is 0 Å². The summed E-state index contributed by atoms with van der Waals surface area (Å²) in [5, 5.41) is 12.6. The number of benzene rings is 2. The van der Waals surface area contributed by atoms with Gasteiger partial charge in [0.2, 0.25) is 0 Å². The number of fused-ring (bicyclic) bond motifs is 1. The van der Waals surface area contributed by atoms with Gasteiger partial charge < -0.3 is 14.8 Å². The summed E-state index contributed by atoms with van der Waals surface area (Å²) in [6.07, 6.45) is -1.18. The van der Waals surface area contributed by atoms with Gasteiger partial charge in [-0.3, -0.25) is 0 Å². The molecule has 0 spiro atoms. The summed E-state index contributed by atoms with van der Waals surface area (Å²) in [6.45, 7) is 3.80. The molecule has 3 rings (SSSR count). The third-order valence-electron chi connectivity index (χ3n) is 3.90. The summed E-state index contributed by atoms with van der Waals surface area (Å²) in [6, 6.07) is 17.6. The molecule has 1 amide bonds. The maximum absolute atomic E-state index is 12.6. The topological polar surface area (TPSA) is 43.4 Å². The molecule has 2 aromatic rings. The summed E-state index contributed by atoms with van der Waals surface area (Å²) in [5.41, 5.74) is 1.21. The fourth-order valence-corrected chi connectivity index (χ4v) is 2.74. The molecule has 0 aromatic heterocycles. The van der Waals surface area contributed by atoms with E-state index in [2.05, 4.69) is 6.07 Å². The van der Waals surface area contributed by atoms with E-state index < -0.39 is 11.8 Å². The van der Waals surface area contributed by atoms with E-state index in [1.54, 1.807) is 18.2 Å². The van der Waals surface area contributed by atoms with Crippen LogP contribution in [0.2, 0.25) is 0 Å². The summed E-state index contributed by atoms with van der Waals surface area (Å²) in [5.74, 6) is -0.241. The van der Waals surface area contributed by atoms with Crippen molar-refractivity contribution in [3.63, 3.8) is 0 Å². The second kappa shape index (κ2) is 7.09. The van der Waals surface area contributed by atoms with Crippen molar-refractivity contribution in [3.8, 4) is 0 Å². The van der Waals surface area contributed by atoms with E-state index in [1.165, 1.54) is 4.90 Å². The molecular formula is C17H15Li2NO2. The first-order valence-electron chi connectivity index (χ1n) is 6.59. The van der Waals surface area contributed by atoms with Gasteiger partial charge in [0.25, 0.3) is 0 Å². The molecule has 1 aliphatic heterocycles. The SMILES string of the molecule is CC(C)(c1ccccc1)N1C(=O)c2[c-]cccc2C1[O-].[Li+].[Li+]. The van der Waals surface area contributed by atoms with Gasteiger partial charge in [0.1, 0.15) is 0 Å². The van der Waals surface area contributed by atoms with Crippen LogP contribution in [0.15, 0.2) is 48.5 Å². The smallest absolute Gasteiger partial charge is 0.841 e. The van der Waals surface area contributed by atoms with Crippen molar-refractivity contribution >= 4 is 5.91 Å². The van der Waals surface area contributed by atoms with Gasteiger partial charge >= 0.3 is 37.7 Å². The Bertz CT molecular complexity index is 659. The molecule has 0 N–H and O–H groups in total. The zero-order valence-corrected chi connectivity index (χ0v) is 13.5. The van der Waals surface area contributed by atoms with Crippen molar-refractivity contribution in [1.82, 2.24) is 4.90 Å². The average molecular weight is 279 g/mol. The van der Waals surface area contributed by atoms with Crippen LogP contribution in [0.1, 0.15) is 41.6 Å². The Morgan fingerprint density at radius 1 is 1.09 bits per heavy atom. The Morgan fingerprint density at radius 2 is 1.73 bits per heavy atom. The molecule has 0 saturated carbocycles. The van der Waals surface area contributed by atoms with E-state index in [0.29, 0.717) is 11.1 Å². The standard InChI is InChI=1S/C17H15NO2.2Li/c1-17(2,12-8-4-3-5-9-12)18-15(19)13-10-6-7-11-14(13)16(18)20;;/h3-10,15H,1-2H3;;/q-2;2*+1. The number of hydrogen-bond acceptors (Lipinski definition) is 2. The molecule has 0 saturated heterocycles. The van der Waals surface area contributed by atoms with Crippen molar-refractivity contribution in [2.45, 2.75) is 25.6 Å². The monoisotopic (exact) mass is 279 g/mol. The Morgan fingerprint density at radius 3 is 2.32 bits per heavy atom. The van der Waals surface area contributed by atoms with Crippen LogP contribution in [-0.2, 0) is 5.54 Å². The molecule has 0 radical (unpaired) electrons. The van der Waals surface area contributed by atoms with Gasteiger partial charge in [0.15, 0.2) is 5.91 Å². The number of rotatable bonds is 2. The average Bonchev–Trinajstić information content (AvgIpc) is 2.73. The molecule has 1 atom stereocenters. The summed E-state index contributed by atoms with van der Waals surface area (Å²) < 4.78 is 0. The fourth-order valence-electron chi connectivity index (χ4n) is 2.74. The molecule has 22 heavy (non-hydrogen) atoms. The van der Waals surface area contributed by atoms with Crippen molar-refractivity contribution in [2.24, 2.45) is 0 Å². The number of nitrogens with zero attached hydrogens (tertiary/aromatic N) is 1. The van der Waals surface area contributed by atoms with Crippen LogP contribution >= 0.6 is 0 Å². The van der Waals surface area contributed by atoms with Crippen molar-refractivity contribution in [1.29, 1.82) is 0 Å². The maximum atomic E-state index is 12.6. The third kappa shape index (κ3) is 2.93. The van der Waals surface area contributed by atoms with Crippen LogP contribution in [0.4, 0.5) is 0 Å². The Balaban J connectivity index is 0.00000121. The third-order valence-corrected chi connectivity index (χ3v) is 3.90. The predicted molar refractivity (Wildman–Crippen MR) is 73.7 cm³/mol. The predicted octanol–water partition coefficient (Wildman–Crippen LogP) is -3.76. The number of hydrogen-bond donors (Lipinski definition) is 0. The molecule has 0 aliphatic carbocycles. The first-order chi connectivity index (χ1) is 9.53. The normalized spacial score (nSPS) is 16.6. The minimum atomic E-state index is -1.18. The number of carbonyl (C=O) groups is 1. The van der Waals surface area contributed by atoms with Crippen LogP contribution < -0.4 is 42.8 Å². The molecule has 1 aliphatic rings. The minimum absolute atomic E-state index is 0. The number of amides is 1. The first kappa shape index (κ1) is 19.1. The van der Waals surface area contributed by atoms with Crippen molar-refractivity contribution in [2.75, 3.05) is 0 Å². The number of carbonyl (C=O) groups excluding carboxylic acids is 1. The zero-order valence-electron chi connectivity index (χ0n) is 13.5. The van der Waals surface area contributed by atoms with E-state index in [1.807, 2.05) is 44.2 Å². The molecule has 1 unspecified atom stereocenters. The summed E-state index contributed by atoms with van der Waals surface area (Å²) in [7, 11) is 0.